The summed E-state index contributed by atoms with van der Waals surface area (Å²) >= 11 is 0. The zero-order valence-electron chi connectivity index (χ0n) is 11.5. The number of amides is 1. The Morgan fingerprint density at radius 3 is 2.70 bits per heavy atom. The number of ether oxygens (including phenoxy) is 1. The standard InChI is InChI=1S/C13H15N5O2/c1-9-4-6-10(7-5-9)8-15-18-13(20-3)11(16-17-18)12(19)14-2/h4-8H,1-3H3,(H,14,19). The number of hydrogen-bond acceptors (Lipinski definition) is 5. The summed E-state index contributed by atoms with van der Waals surface area (Å²) < 4.78 is 5.11. The number of carbonyl (C=O) groups is 1. The highest BCUT2D eigenvalue weighted by molar-refractivity contribution is 5.94. The normalized spacial score (nSPS) is 10.8. The van der Waals surface area contributed by atoms with Gasteiger partial charge in [-0.05, 0) is 17.7 Å². The molecule has 1 heterocycles. The first kappa shape index (κ1) is 13.7. The lowest BCUT2D eigenvalue weighted by Crippen LogP contribution is -2.19. The van der Waals surface area contributed by atoms with Gasteiger partial charge in [-0.3, -0.25) is 4.79 Å². The van der Waals surface area contributed by atoms with Crippen molar-refractivity contribution in [1.82, 2.24) is 20.4 Å². The van der Waals surface area contributed by atoms with Crippen LogP contribution in [0, 0.1) is 6.92 Å². The molecule has 2 aromatic rings. The lowest BCUT2D eigenvalue weighted by Gasteiger charge is -2.00. The first-order valence-electron chi connectivity index (χ1n) is 5.98. The van der Waals surface area contributed by atoms with Crippen LogP contribution >= 0.6 is 0 Å². The van der Waals surface area contributed by atoms with Crippen LogP contribution in [0.2, 0.25) is 0 Å². The van der Waals surface area contributed by atoms with E-state index in [0.29, 0.717) is 0 Å². The molecule has 0 unspecified atom stereocenters. The smallest absolute Gasteiger partial charge is 0.277 e. The van der Waals surface area contributed by atoms with Crippen molar-refractivity contribution in [2.24, 2.45) is 5.10 Å². The van der Waals surface area contributed by atoms with Gasteiger partial charge in [0.15, 0.2) is 0 Å². The Hall–Kier alpha value is -2.70. The Kier molecular flexibility index (Phi) is 4.09. The average Bonchev–Trinajstić information content (AvgIpc) is 2.88. The molecular weight excluding hydrogens is 258 g/mol. The summed E-state index contributed by atoms with van der Waals surface area (Å²) in [6.45, 7) is 2.01. The lowest BCUT2D eigenvalue weighted by atomic mass is 10.2. The van der Waals surface area contributed by atoms with E-state index in [9.17, 15) is 4.79 Å². The maximum atomic E-state index is 11.6. The molecule has 0 spiro atoms. The molecular formula is C13H15N5O2. The van der Waals surface area contributed by atoms with Gasteiger partial charge in [0, 0.05) is 7.05 Å². The largest absolute Gasteiger partial charge is 0.478 e. The van der Waals surface area contributed by atoms with E-state index in [1.807, 2.05) is 31.2 Å². The number of methoxy groups -OCH3 is 1. The summed E-state index contributed by atoms with van der Waals surface area (Å²) in [5, 5.41) is 14.1. The van der Waals surface area contributed by atoms with Gasteiger partial charge in [0.05, 0.1) is 13.3 Å². The fraction of sp³-hybridized carbons (Fsp3) is 0.231. The van der Waals surface area contributed by atoms with E-state index in [1.54, 1.807) is 6.21 Å². The third-order valence-electron chi connectivity index (χ3n) is 2.64. The minimum atomic E-state index is -0.376. The molecule has 0 aliphatic rings. The van der Waals surface area contributed by atoms with Crippen LogP contribution < -0.4 is 10.1 Å². The zero-order chi connectivity index (χ0) is 14.5. The average molecular weight is 273 g/mol. The fourth-order valence-electron chi connectivity index (χ4n) is 1.55. The van der Waals surface area contributed by atoms with E-state index in [-0.39, 0.29) is 17.5 Å². The van der Waals surface area contributed by atoms with Gasteiger partial charge in [0.25, 0.3) is 11.8 Å². The van der Waals surface area contributed by atoms with E-state index < -0.39 is 0 Å². The fourth-order valence-corrected chi connectivity index (χ4v) is 1.55. The Morgan fingerprint density at radius 1 is 1.40 bits per heavy atom. The van der Waals surface area contributed by atoms with Gasteiger partial charge in [-0.25, -0.2) is 0 Å². The molecule has 0 bridgehead atoms. The van der Waals surface area contributed by atoms with Crippen LogP contribution in [-0.4, -0.2) is 41.4 Å². The Morgan fingerprint density at radius 2 is 2.10 bits per heavy atom. The number of carbonyl (C=O) groups excluding carboxylic acids is 1. The molecule has 0 atom stereocenters. The maximum absolute atomic E-state index is 11.6. The van der Waals surface area contributed by atoms with Gasteiger partial charge in [-0.1, -0.05) is 34.6 Å². The molecule has 7 nitrogen and oxygen atoms in total. The van der Waals surface area contributed by atoms with Gasteiger partial charge >= 0.3 is 0 Å². The van der Waals surface area contributed by atoms with Crippen molar-refractivity contribution in [3.8, 4) is 5.88 Å². The summed E-state index contributed by atoms with van der Waals surface area (Å²) in [5.74, 6) is -0.189. The molecule has 1 aromatic heterocycles. The monoisotopic (exact) mass is 273 g/mol. The predicted molar refractivity (Wildman–Crippen MR) is 74.1 cm³/mol. The molecule has 104 valence electrons. The minimum Gasteiger partial charge on any atom is -0.478 e. The van der Waals surface area contributed by atoms with E-state index in [0.717, 1.165) is 5.56 Å². The molecule has 2 rings (SSSR count). The Labute approximate surface area is 116 Å². The predicted octanol–water partition coefficient (Wildman–Crippen LogP) is 0.837. The van der Waals surface area contributed by atoms with Crippen molar-refractivity contribution in [3.63, 3.8) is 0 Å². The first-order chi connectivity index (χ1) is 9.65. The summed E-state index contributed by atoms with van der Waals surface area (Å²) in [5.41, 5.74) is 2.17. The number of rotatable bonds is 4. The second-order valence-electron chi connectivity index (χ2n) is 4.07. The van der Waals surface area contributed by atoms with Crippen molar-refractivity contribution in [1.29, 1.82) is 0 Å². The molecule has 0 saturated heterocycles. The van der Waals surface area contributed by atoms with E-state index in [4.69, 9.17) is 4.74 Å². The molecule has 0 aliphatic carbocycles. The quantitative estimate of drug-likeness (QED) is 0.837. The van der Waals surface area contributed by atoms with Crippen LogP contribution in [0.5, 0.6) is 5.88 Å². The van der Waals surface area contributed by atoms with Crippen molar-refractivity contribution >= 4 is 12.1 Å². The van der Waals surface area contributed by atoms with Crippen LogP contribution in [0.3, 0.4) is 0 Å². The second-order valence-corrected chi connectivity index (χ2v) is 4.07. The number of aromatic nitrogens is 3. The zero-order valence-corrected chi connectivity index (χ0v) is 11.5. The van der Waals surface area contributed by atoms with Gasteiger partial charge in [-0.2, -0.15) is 5.10 Å². The molecule has 0 aliphatic heterocycles. The van der Waals surface area contributed by atoms with E-state index in [2.05, 4.69) is 20.7 Å². The van der Waals surface area contributed by atoms with Crippen LogP contribution in [0.15, 0.2) is 29.4 Å². The molecule has 1 amide bonds. The Bertz CT molecular complexity index is 631. The van der Waals surface area contributed by atoms with E-state index in [1.165, 1.54) is 24.5 Å². The third-order valence-corrected chi connectivity index (χ3v) is 2.64. The second kappa shape index (κ2) is 5.96. The van der Waals surface area contributed by atoms with Crippen molar-refractivity contribution in [3.05, 3.63) is 41.1 Å². The highest BCUT2D eigenvalue weighted by Gasteiger charge is 2.19. The summed E-state index contributed by atoms with van der Waals surface area (Å²) in [6, 6.07) is 7.83. The van der Waals surface area contributed by atoms with Crippen LogP contribution in [0.25, 0.3) is 0 Å². The van der Waals surface area contributed by atoms with Gasteiger partial charge in [0.2, 0.25) is 5.69 Å². The number of hydrogen-bond donors (Lipinski definition) is 1. The van der Waals surface area contributed by atoms with E-state index >= 15 is 0 Å². The number of nitrogens with zero attached hydrogens (tertiary/aromatic N) is 4. The van der Waals surface area contributed by atoms with Gasteiger partial charge < -0.3 is 10.1 Å². The summed E-state index contributed by atoms with van der Waals surface area (Å²) in [6.07, 6.45) is 1.62. The number of nitrogens with one attached hydrogen (secondary N) is 1. The highest BCUT2D eigenvalue weighted by Crippen LogP contribution is 2.14. The molecule has 1 N–H and O–H groups in total. The Balaban J connectivity index is 2.27. The molecule has 0 radical (unpaired) electrons. The molecule has 0 saturated carbocycles. The lowest BCUT2D eigenvalue weighted by molar-refractivity contribution is 0.0954. The number of benzene rings is 1. The molecule has 7 heteroatoms. The number of aryl methyl sites for hydroxylation is 1. The summed E-state index contributed by atoms with van der Waals surface area (Å²) in [4.78, 5) is 12.7. The van der Waals surface area contributed by atoms with Crippen molar-refractivity contribution < 1.29 is 9.53 Å². The minimum absolute atomic E-state index is 0.0936. The van der Waals surface area contributed by atoms with Gasteiger partial charge in [-0.15, -0.1) is 5.10 Å². The maximum Gasteiger partial charge on any atom is 0.277 e. The van der Waals surface area contributed by atoms with Gasteiger partial charge in [0.1, 0.15) is 0 Å². The topological polar surface area (TPSA) is 81.4 Å². The molecule has 20 heavy (non-hydrogen) atoms. The van der Waals surface area contributed by atoms with Crippen LogP contribution in [0.1, 0.15) is 21.6 Å². The summed E-state index contributed by atoms with van der Waals surface area (Å²) in [7, 11) is 2.94. The SMILES string of the molecule is CNC(=O)c1nnn(N=Cc2ccc(C)cc2)c1OC. The molecule has 0 fully saturated rings. The highest BCUT2D eigenvalue weighted by atomic mass is 16.5. The van der Waals surface area contributed by atoms with Crippen molar-refractivity contribution in [2.45, 2.75) is 6.92 Å². The first-order valence-corrected chi connectivity index (χ1v) is 5.98. The third kappa shape index (κ3) is 2.82. The van der Waals surface area contributed by atoms with Crippen molar-refractivity contribution in [2.75, 3.05) is 14.2 Å². The molecule has 1 aromatic carbocycles. The van der Waals surface area contributed by atoms with Crippen LogP contribution in [-0.2, 0) is 0 Å². The van der Waals surface area contributed by atoms with Crippen LogP contribution in [0.4, 0.5) is 0 Å².